The molecule has 0 bridgehead atoms. The van der Waals surface area contributed by atoms with E-state index >= 15 is 0 Å². The molecule has 0 radical (unpaired) electrons. The number of phenols is 1. The molecule has 2 rings (SSSR count). The second-order valence-corrected chi connectivity index (χ2v) is 5.95. The maximum Gasteiger partial charge on any atom is 0.194 e. The Balaban J connectivity index is 2.00. The first kappa shape index (κ1) is 17.6. The molecular formula is C18H30N4O. The molecule has 1 unspecified atom stereocenters. The van der Waals surface area contributed by atoms with Crippen LogP contribution in [0.15, 0.2) is 29.3 Å². The molecule has 1 fully saturated rings. The molecule has 0 aromatic heterocycles. The van der Waals surface area contributed by atoms with E-state index in [1.165, 1.54) is 6.42 Å². The van der Waals surface area contributed by atoms with Crippen LogP contribution in [0.2, 0.25) is 0 Å². The van der Waals surface area contributed by atoms with Crippen LogP contribution in [0.1, 0.15) is 32.8 Å². The minimum absolute atomic E-state index is 0.297. The van der Waals surface area contributed by atoms with E-state index in [0.717, 1.165) is 44.2 Å². The van der Waals surface area contributed by atoms with Gasteiger partial charge in [0, 0.05) is 25.7 Å². The van der Waals surface area contributed by atoms with Crippen LogP contribution < -0.4 is 5.32 Å². The number of hydrogen-bond donors (Lipinski definition) is 2. The fraction of sp³-hybridized carbons (Fsp3) is 0.611. The molecule has 1 aliphatic heterocycles. The Morgan fingerprint density at radius 3 is 2.57 bits per heavy atom. The molecule has 5 nitrogen and oxygen atoms in total. The molecule has 1 aliphatic rings. The van der Waals surface area contributed by atoms with Crippen molar-refractivity contribution in [1.29, 1.82) is 0 Å². The Kier molecular flexibility index (Phi) is 6.71. The van der Waals surface area contributed by atoms with Crippen LogP contribution in [0, 0.1) is 0 Å². The summed E-state index contributed by atoms with van der Waals surface area (Å²) in [5.41, 5.74) is 1.11. The van der Waals surface area contributed by atoms with Gasteiger partial charge in [0.2, 0.25) is 0 Å². The summed E-state index contributed by atoms with van der Waals surface area (Å²) >= 11 is 0. The van der Waals surface area contributed by atoms with Crippen molar-refractivity contribution in [2.45, 2.75) is 39.8 Å². The molecule has 1 aromatic carbocycles. The van der Waals surface area contributed by atoms with Crippen LogP contribution in [-0.4, -0.2) is 59.6 Å². The Morgan fingerprint density at radius 2 is 1.96 bits per heavy atom. The SMILES string of the molecule is CCNC(=NCc1ccc(O)cc1)N1CCC(N(CC)CC)C1. The first-order valence-corrected chi connectivity index (χ1v) is 8.73. The van der Waals surface area contributed by atoms with Crippen LogP contribution in [0.5, 0.6) is 5.75 Å². The van der Waals surface area contributed by atoms with Crippen molar-refractivity contribution < 1.29 is 5.11 Å². The first-order chi connectivity index (χ1) is 11.2. The fourth-order valence-electron chi connectivity index (χ4n) is 3.17. The van der Waals surface area contributed by atoms with Gasteiger partial charge in [-0.2, -0.15) is 0 Å². The lowest BCUT2D eigenvalue weighted by Gasteiger charge is -2.27. The van der Waals surface area contributed by atoms with E-state index in [9.17, 15) is 5.11 Å². The molecule has 1 saturated heterocycles. The van der Waals surface area contributed by atoms with Crippen LogP contribution >= 0.6 is 0 Å². The third-order valence-corrected chi connectivity index (χ3v) is 4.47. The first-order valence-electron chi connectivity index (χ1n) is 8.73. The lowest BCUT2D eigenvalue weighted by atomic mass is 10.2. The van der Waals surface area contributed by atoms with Crippen molar-refractivity contribution in [1.82, 2.24) is 15.1 Å². The van der Waals surface area contributed by atoms with Crippen LogP contribution in [-0.2, 0) is 6.54 Å². The molecule has 1 atom stereocenters. The van der Waals surface area contributed by atoms with Gasteiger partial charge in [0.25, 0.3) is 0 Å². The predicted octanol–water partition coefficient (Wildman–Crippen LogP) is 2.27. The Bertz CT molecular complexity index is 496. The number of guanidine groups is 1. The van der Waals surface area contributed by atoms with Gasteiger partial charge < -0.3 is 15.3 Å². The third kappa shape index (κ3) is 4.86. The van der Waals surface area contributed by atoms with Crippen molar-refractivity contribution >= 4 is 5.96 Å². The van der Waals surface area contributed by atoms with Gasteiger partial charge in [0.1, 0.15) is 5.75 Å². The van der Waals surface area contributed by atoms with Crippen molar-refractivity contribution in [2.24, 2.45) is 4.99 Å². The molecule has 0 spiro atoms. The van der Waals surface area contributed by atoms with Gasteiger partial charge in [-0.3, -0.25) is 4.90 Å². The number of nitrogens with one attached hydrogen (secondary N) is 1. The van der Waals surface area contributed by atoms with E-state index in [-0.39, 0.29) is 0 Å². The van der Waals surface area contributed by atoms with E-state index in [1.807, 2.05) is 12.1 Å². The third-order valence-electron chi connectivity index (χ3n) is 4.47. The van der Waals surface area contributed by atoms with Crippen LogP contribution in [0.25, 0.3) is 0 Å². The summed E-state index contributed by atoms with van der Waals surface area (Å²) in [7, 11) is 0. The molecule has 2 N–H and O–H groups in total. The lowest BCUT2D eigenvalue weighted by molar-refractivity contribution is 0.223. The fourth-order valence-corrected chi connectivity index (χ4v) is 3.17. The highest BCUT2D eigenvalue weighted by Crippen LogP contribution is 2.16. The highest BCUT2D eigenvalue weighted by Gasteiger charge is 2.27. The van der Waals surface area contributed by atoms with Gasteiger partial charge in [0.15, 0.2) is 5.96 Å². The summed E-state index contributed by atoms with van der Waals surface area (Å²) < 4.78 is 0. The topological polar surface area (TPSA) is 51.1 Å². The molecular weight excluding hydrogens is 288 g/mol. The van der Waals surface area contributed by atoms with Crippen LogP contribution in [0.3, 0.4) is 0 Å². The van der Waals surface area contributed by atoms with Crippen molar-refractivity contribution in [2.75, 3.05) is 32.7 Å². The number of aliphatic imine (C=N–C) groups is 1. The molecule has 1 heterocycles. The normalized spacial score (nSPS) is 18.7. The Hall–Kier alpha value is -1.75. The second-order valence-electron chi connectivity index (χ2n) is 5.95. The lowest BCUT2D eigenvalue weighted by Crippen LogP contribution is -2.43. The standard InChI is InChI=1S/C18H30N4O/c1-4-19-18(20-13-15-7-9-17(23)10-8-15)22-12-11-16(14-22)21(5-2)6-3/h7-10,16,23H,4-6,11-14H2,1-3H3,(H,19,20). The maximum atomic E-state index is 9.36. The average Bonchev–Trinajstić information content (AvgIpc) is 3.04. The minimum Gasteiger partial charge on any atom is -0.508 e. The summed E-state index contributed by atoms with van der Waals surface area (Å²) in [6, 6.07) is 7.90. The highest BCUT2D eigenvalue weighted by molar-refractivity contribution is 5.80. The number of phenolic OH excluding ortho intramolecular Hbond substituents is 1. The highest BCUT2D eigenvalue weighted by atomic mass is 16.3. The summed E-state index contributed by atoms with van der Waals surface area (Å²) in [6.07, 6.45) is 1.20. The van der Waals surface area contributed by atoms with E-state index in [4.69, 9.17) is 4.99 Å². The zero-order valence-corrected chi connectivity index (χ0v) is 14.6. The largest absolute Gasteiger partial charge is 0.508 e. The van der Waals surface area contributed by atoms with Gasteiger partial charge in [-0.25, -0.2) is 4.99 Å². The number of nitrogens with zero attached hydrogens (tertiary/aromatic N) is 3. The van der Waals surface area contributed by atoms with E-state index in [0.29, 0.717) is 18.3 Å². The average molecular weight is 318 g/mol. The zero-order valence-electron chi connectivity index (χ0n) is 14.6. The molecule has 5 heteroatoms. The Labute approximate surface area is 140 Å². The summed E-state index contributed by atoms with van der Waals surface area (Å²) in [5.74, 6) is 1.29. The monoisotopic (exact) mass is 318 g/mol. The molecule has 23 heavy (non-hydrogen) atoms. The molecule has 128 valence electrons. The van der Waals surface area contributed by atoms with Crippen molar-refractivity contribution in [3.63, 3.8) is 0 Å². The van der Waals surface area contributed by atoms with E-state index in [1.54, 1.807) is 12.1 Å². The number of aromatic hydroxyl groups is 1. The quantitative estimate of drug-likeness (QED) is 0.624. The van der Waals surface area contributed by atoms with Gasteiger partial charge in [-0.15, -0.1) is 0 Å². The minimum atomic E-state index is 0.297. The molecule has 0 saturated carbocycles. The number of likely N-dealkylation sites (N-methyl/N-ethyl adjacent to an activating group) is 1. The number of rotatable bonds is 6. The van der Waals surface area contributed by atoms with Crippen molar-refractivity contribution in [3.8, 4) is 5.75 Å². The van der Waals surface area contributed by atoms with Gasteiger partial charge >= 0.3 is 0 Å². The zero-order chi connectivity index (χ0) is 16.7. The van der Waals surface area contributed by atoms with Crippen LogP contribution in [0.4, 0.5) is 0 Å². The number of benzene rings is 1. The molecule has 0 aliphatic carbocycles. The van der Waals surface area contributed by atoms with Gasteiger partial charge in [0.05, 0.1) is 6.54 Å². The van der Waals surface area contributed by atoms with E-state index in [2.05, 4.69) is 35.9 Å². The Morgan fingerprint density at radius 1 is 1.26 bits per heavy atom. The second kappa shape index (κ2) is 8.77. The number of hydrogen-bond acceptors (Lipinski definition) is 3. The van der Waals surface area contributed by atoms with Gasteiger partial charge in [-0.1, -0.05) is 26.0 Å². The molecule has 0 amide bonds. The summed E-state index contributed by atoms with van der Waals surface area (Å²) in [4.78, 5) is 9.67. The molecule has 1 aromatic rings. The smallest absolute Gasteiger partial charge is 0.194 e. The van der Waals surface area contributed by atoms with Gasteiger partial charge in [-0.05, 0) is 44.1 Å². The predicted molar refractivity (Wildman–Crippen MR) is 95.8 cm³/mol. The van der Waals surface area contributed by atoms with E-state index < -0.39 is 0 Å². The number of likely N-dealkylation sites (tertiary alicyclic amines) is 1. The summed E-state index contributed by atoms with van der Waals surface area (Å²) in [5, 5.41) is 12.8. The summed E-state index contributed by atoms with van der Waals surface area (Å²) in [6.45, 7) is 12.4. The maximum absolute atomic E-state index is 9.36. The van der Waals surface area contributed by atoms with Crippen molar-refractivity contribution in [3.05, 3.63) is 29.8 Å².